The van der Waals surface area contributed by atoms with E-state index in [4.69, 9.17) is 0 Å². The van der Waals surface area contributed by atoms with Crippen molar-refractivity contribution in [2.24, 2.45) is 0 Å². The van der Waals surface area contributed by atoms with Gasteiger partial charge in [0.25, 0.3) is 0 Å². The molecule has 0 fully saturated rings. The van der Waals surface area contributed by atoms with E-state index in [9.17, 15) is 4.79 Å². The van der Waals surface area contributed by atoms with Gasteiger partial charge in [-0.05, 0) is 24.0 Å². The van der Waals surface area contributed by atoms with Gasteiger partial charge < -0.3 is 0 Å². The van der Waals surface area contributed by atoms with E-state index in [0.29, 0.717) is 6.42 Å². The van der Waals surface area contributed by atoms with Crippen LogP contribution in [-0.4, -0.2) is 10.8 Å². The second-order valence-electron chi connectivity index (χ2n) is 5.14. The predicted octanol–water partition coefficient (Wildman–Crippen LogP) is 3.49. The van der Waals surface area contributed by atoms with E-state index in [1.54, 1.807) is 13.1 Å². The molecule has 0 saturated heterocycles. The molecule has 0 aliphatic heterocycles. The second kappa shape index (κ2) is 4.28. The molecule has 2 heteroatoms. The fraction of sp³-hybridized carbons (Fsp3) is 0.333. The number of pyridine rings is 1. The summed E-state index contributed by atoms with van der Waals surface area (Å²) >= 11 is 0. The minimum Gasteiger partial charge on any atom is -0.300 e. The lowest BCUT2D eigenvalue weighted by molar-refractivity contribution is -0.118. The standard InChI is InChI=1S/C15H17NO/c1-11(17)10-15(2,3)13-8-4-6-12-7-5-9-16-14(12)13/h4-9H,10H2,1-3H3. The topological polar surface area (TPSA) is 30.0 Å². The first kappa shape index (κ1) is 11.8. The molecule has 2 nitrogen and oxygen atoms in total. The Kier molecular flexibility index (Phi) is 2.97. The third-order valence-corrected chi connectivity index (χ3v) is 3.05. The van der Waals surface area contributed by atoms with E-state index in [-0.39, 0.29) is 11.2 Å². The first-order valence-electron chi connectivity index (χ1n) is 5.84. The van der Waals surface area contributed by atoms with Crippen molar-refractivity contribution in [3.8, 4) is 0 Å². The molecule has 0 radical (unpaired) electrons. The van der Waals surface area contributed by atoms with Gasteiger partial charge >= 0.3 is 0 Å². The van der Waals surface area contributed by atoms with Crippen molar-refractivity contribution in [1.82, 2.24) is 4.98 Å². The molecule has 0 atom stereocenters. The SMILES string of the molecule is CC(=O)CC(C)(C)c1cccc2cccnc12. The molecule has 2 aromatic rings. The quantitative estimate of drug-likeness (QED) is 0.803. The fourth-order valence-electron chi connectivity index (χ4n) is 2.37. The molecule has 0 aliphatic carbocycles. The first-order valence-corrected chi connectivity index (χ1v) is 5.84. The first-order chi connectivity index (χ1) is 8.00. The monoisotopic (exact) mass is 227 g/mol. The Balaban J connectivity index is 2.58. The lowest BCUT2D eigenvalue weighted by Gasteiger charge is -2.24. The van der Waals surface area contributed by atoms with Gasteiger partial charge in [0.1, 0.15) is 5.78 Å². The average Bonchev–Trinajstić information content (AvgIpc) is 2.26. The van der Waals surface area contributed by atoms with Crippen molar-refractivity contribution in [2.45, 2.75) is 32.6 Å². The van der Waals surface area contributed by atoms with Crippen molar-refractivity contribution < 1.29 is 4.79 Å². The molecule has 1 aromatic carbocycles. The van der Waals surface area contributed by atoms with Crippen LogP contribution < -0.4 is 0 Å². The molecule has 17 heavy (non-hydrogen) atoms. The molecule has 0 saturated carbocycles. The van der Waals surface area contributed by atoms with Crippen LogP contribution in [0, 0.1) is 0 Å². The third kappa shape index (κ3) is 2.36. The van der Waals surface area contributed by atoms with Gasteiger partial charge in [-0.2, -0.15) is 0 Å². The highest BCUT2D eigenvalue weighted by Crippen LogP contribution is 2.31. The average molecular weight is 227 g/mol. The van der Waals surface area contributed by atoms with Crippen LogP contribution in [0.3, 0.4) is 0 Å². The van der Waals surface area contributed by atoms with Crippen LogP contribution in [0.5, 0.6) is 0 Å². The molecular formula is C15H17NO. The van der Waals surface area contributed by atoms with Crippen LogP contribution in [-0.2, 0) is 10.2 Å². The van der Waals surface area contributed by atoms with E-state index in [1.165, 1.54) is 0 Å². The molecule has 1 heterocycles. The maximum absolute atomic E-state index is 11.3. The third-order valence-electron chi connectivity index (χ3n) is 3.05. The Labute approximate surface area is 102 Å². The maximum atomic E-state index is 11.3. The summed E-state index contributed by atoms with van der Waals surface area (Å²) in [6.45, 7) is 5.83. The van der Waals surface area contributed by atoms with Gasteiger partial charge in [0, 0.05) is 18.0 Å². The Morgan fingerprint density at radius 2 is 1.94 bits per heavy atom. The summed E-state index contributed by atoms with van der Waals surface area (Å²) in [5, 5.41) is 1.13. The van der Waals surface area contributed by atoms with Crippen molar-refractivity contribution in [1.29, 1.82) is 0 Å². The number of benzene rings is 1. The van der Waals surface area contributed by atoms with Crippen LogP contribution in [0.1, 0.15) is 32.8 Å². The van der Waals surface area contributed by atoms with Gasteiger partial charge in [-0.15, -0.1) is 0 Å². The number of hydrogen-bond donors (Lipinski definition) is 0. The van der Waals surface area contributed by atoms with Gasteiger partial charge in [0.05, 0.1) is 5.52 Å². The number of nitrogens with zero attached hydrogens (tertiary/aromatic N) is 1. The predicted molar refractivity (Wildman–Crippen MR) is 70.1 cm³/mol. The number of Topliss-reactive ketones (excluding diaryl/α,β-unsaturated/α-hetero) is 1. The van der Waals surface area contributed by atoms with E-state index in [0.717, 1.165) is 16.5 Å². The summed E-state index contributed by atoms with van der Waals surface area (Å²) in [6.07, 6.45) is 2.35. The van der Waals surface area contributed by atoms with Crippen LogP contribution in [0.15, 0.2) is 36.5 Å². The number of fused-ring (bicyclic) bond motifs is 1. The molecule has 0 spiro atoms. The highest BCUT2D eigenvalue weighted by atomic mass is 16.1. The number of carbonyl (C=O) groups excluding carboxylic acids is 1. The normalized spacial score (nSPS) is 11.7. The number of para-hydroxylation sites is 1. The largest absolute Gasteiger partial charge is 0.300 e. The molecule has 0 bridgehead atoms. The van der Waals surface area contributed by atoms with Crippen molar-refractivity contribution in [3.63, 3.8) is 0 Å². The smallest absolute Gasteiger partial charge is 0.130 e. The maximum Gasteiger partial charge on any atom is 0.130 e. The zero-order chi connectivity index (χ0) is 12.5. The van der Waals surface area contributed by atoms with Gasteiger partial charge in [0.2, 0.25) is 0 Å². The summed E-state index contributed by atoms with van der Waals surface area (Å²) in [6, 6.07) is 10.1. The Morgan fingerprint density at radius 1 is 1.24 bits per heavy atom. The highest BCUT2D eigenvalue weighted by molar-refractivity contribution is 5.84. The highest BCUT2D eigenvalue weighted by Gasteiger charge is 2.24. The van der Waals surface area contributed by atoms with Crippen LogP contribution in [0.4, 0.5) is 0 Å². The number of ketones is 1. The summed E-state index contributed by atoms with van der Waals surface area (Å²) in [5.41, 5.74) is 1.98. The lowest BCUT2D eigenvalue weighted by Crippen LogP contribution is -2.21. The van der Waals surface area contributed by atoms with E-state index in [1.807, 2.05) is 12.1 Å². The Bertz CT molecular complexity index is 552. The molecule has 2 rings (SSSR count). The molecule has 0 N–H and O–H groups in total. The van der Waals surface area contributed by atoms with E-state index in [2.05, 4.69) is 37.0 Å². The van der Waals surface area contributed by atoms with Crippen molar-refractivity contribution >= 4 is 16.7 Å². The molecule has 0 unspecified atom stereocenters. The molecular weight excluding hydrogens is 210 g/mol. The summed E-state index contributed by atoms with van der Waals surface area (Å²) in [7, 11) is 0. The number of rotatable bonds is 3. The zero-order valence-electron chi connectivity index (χ0n) is 10.5. The molecule has 88 valence electrons. The minimum absolute atomic E-state index is 0.167. The van der Waals surface area contributed by atoms with E-state index < -0.39 is 0 Å². The minimum atomic E-state index is -0.167. The van der Waals surface area contributed by atoms with Crippen molar-refractivity contribution in [3.05, 3.63) is 42.1 Å². The van der Waals surface area contributed by atoms with Crippen LogP contribution in [0.2, 0.25) is 0 Å². The van der Waals surface area contributed by atoms with Gasteiger partial charge in [0.15, 0.2) is 0 Å². The Morgan fingerprint density at radius 3 is 2.65 bits per heavy atom. The van der Waals surface area contributed by atoms with Crippen LogP contribution >= 0.6 is 0 Å². The Hall–Kier alpha value is -1.70. The second-order valence-corrected chi connectivity index (χ2v) is 5.14. The molecule has 0 amide bonds. The fourth-order valence-corrected chi connectivity index (χ4v) is 2.37. The van der Waals surface area contributed by atoms with Gasteiger partial charge in [-0.25, -0.2) is 0 Å². The van der Waals surface area contributed by atoms with Crippen LogP contribution in [0.25, 0.3) is 10.9 Å². The molecule has 1 aromatic heterocycles. The lowest BCUT2D eigenvalue weighted by atomic mass is 9.79. The van der Waals surface area contributed by atoms with E-state index >= 15 is 0 Å². The number of hydrogen-bond acceptors (Lipinski definition) is 2. The number of aromatic nitrogens is 1. The van der Waals surface area contributed by atoms with Gasteiger partial charge in [-0.1, -0.05) is 38.1 Å². The summed E-state index contributed by atoms with van der Waals surface area (Å²) in [5.74, 6) is 0.211. The molecule has 0 aliphatic rings. The summed E-state index contributed by atoms with van der Waals surface area (Å²) < 4.78 is 0. The van der Waals surface area contributed by atoms with Gasteiger partial charge in [-0.3, -0.25) is 9.78 Å². The zero-order valence-corrected chi connectivity index (χ0v) is 10.5. The number of carbonyl (C=O) groups is 1. The van der Waals surface area contributed by atoms with Crippen molar-refractivity contribution in [2.75, 3.05) is 0 Å². The summed E-state index contributed by atoms with van der Waals surface area (Å²) in [4.78, 5) is 15.8.